The van der Waals surface area contributed by atoms with E-state index in [1.807, 2.05) is 4.90 Å². The Bertz CT molecular complexity index is 673. The Labute approximate surface area is 144 Å². The van der Waals surface area contributed by atoms with Crippen LogP contribution in [0.25, 0.3) is 11.7 Å². The minimum atomic E-state index is -4.16. The first kappa shape index (κ1) is 17.4. The molecule has 6 nitrogen and oxygen atoms in total. The number of furan rings is 1. The molecule has 24 heavy (non-hydrogen) atoms. The van der Waals surface area contributed by atoms with Gasteiger partial charge in [0.15, 0.2) is 10.4 Å². The number of hydrogen-bond acceptors (Lipinski definition) is 6. The normalized spacial score (nSPS) is 18.0. The van der Waals surface area contributed by atoms with E-state index in [1.165, 1.54) is 4.90 Å². The van der Waals surface area contributed by atoms with Crippen molar-refractivity contribution >= 4 is 15.9 Å². The summed E-state index contributed by atoms with van der Waals surface area (Å²) in [5.41, 5.74) is 0. The lowest BCUT2D eigenvalue weighted by Gasteiger charge is -2.21. The maximum absolute atomic E-state index is 12.5. The van der Waals surface area contributed by atoms with Crippen LogP contribution in [0.4, 0.5) is 13.2 Å². The summed E-state index contributed by atoms with van der Waals surface area (Å²) in [5.74, 6) is 1.17. The Morgan fingerprint density at radius 1 is 1.04 bits per heavy atom. The van der Waals surface area contributed by atoms with Gasteiger partial charge in [0.1, 0.15) is 0 Å². The van der Waals surface area contributed by atoms with E-state index in [0.29, 0.717) is 55.5 Å². The lowest BCUT2D eigenvalue weighted by atomic mass is 10.3. The van der Waals surface area contributed by atoms with E-state index in [-0.39, 0.29) is 5.89 Å². The third kappa shape index (κ3) is 4.81. The standard InChI is InChI=1S/C14H16BrF3N4O2/c15-11-3-2-10(23-11)13-20-19-12(24-13)8-21-4-1-5-22(7-6-21)9-14(16,17)18/h2-3H,1,4-9H2. The maximum Gasteiger partial charge on any atom is 0.401 e. The summed E-state index contributed by atoms with van der Waals surface area (Å²) in [6.07, 6.45) is -3.49. The van der Waals surface area contributed by atoms with Crippen LogP contribution in [0, 0.1) is 0 Å². The van der Waals surface area contributed by atoms with Gasteiger partial charge < -0.3 is 8.83 Å². The molecule has 2 aromatic heterocycles. The second-order valence-electron chi connectivity index (χ2n) is 5.63. The summed E-state index contributed by atoms with van der Waals surface area (Å²) in [4.78, 5) is 3.45. The fourth-order valence-electron chi connectivity index (χ4n) is 2.63. The molecule has 2 aromatic rings. The van der Waals surface area contributed by atoms with Gasteiger partial charge in [-0.25, -0.2) is 0 Å². The van der Waals surface area contributed by atoms with Crippen LogP contribution < -0.4 is 0 Å². The van der Waals surface area contributed by atoms with Crippen LogP contribution in [-0.4, -0.2) is 58.9 Å². The van der Waals surface area contributed by atoms with Gasteiger partial charge in [-0.15, -0.1) is 10.2 Å². The molecule has 0 radical (unpaired) electrons. The first-order chi connectivity index (χ1) is 11.4. The predicted octanol–water partition coefficient (Wildman–Crippen LogP) is 3.16. The number of nitrogens with zero attached hydrogens (tertiary/aromatic N) is 4. The summed E-state index contributed by atoms with van der Waals surface area (Å²) in [7, 11) is 0. The third-order valence-corrected chi connectivity index (χ3v) is 4.12. The van der Waals surface area contributed by atoms with Gasteiger partial charge in [0.25, 0.3) is 5.89 Å². The molecule has 0 aromatic carbocycles. The van der Waals surface area contributed by atoms with Gasteiger partial charge in [-0.3, -0.25) is 9.80 Å². The van der Waals surface area contributed by atoms with Crippen molar-refractivity contribution < 1.29 is 22.0 Å². The van der Waals surface area contributed by atoms with E-state index < -0.39 is 12.7 Å². The highest BCUT2D eigenvalue weighted by Crippen LogP contribution is 2.24. The second kappa shape index (κ2) is 7.24. The summed E-state index contributed by atoms with van der Waals surface area (Å²) < 4.78 is 48.9. The van der Waals surface area contributed by atoms with Gasteiger partial charge in [0.2, 0.25) is 5.89 Å². The molecule has 0 spiro atoms. The van der Waals surface area contributed by atoms with E-state index in [0.717, 1.165) is 0 Å². The molecular formula is C14H16BrF3N4O2. The van der Waals surface area contributed by atoms with Crippen LogP contribution in [0.2, 0.25) is 0 Å². The predicted molar refractivity (Wildman–Crippen MR) is 82.1 cm³/mol. The molecule has 0 atom stereocenters. The van der Waals surface area contributed by atoms with Crippen LogP contribution in [0.3, 0.4) is 0 Å². The van der Waals surface area contributed by atoms with Crippen LogP contribution >= 0.6 is 15.9 Å². The minimum Gasteiger partial charge on any atom is -0.444 e. The van der Waals surface area contributed by atoms with Crippen molar-refractivity contribution in [1.29, 1.82) is 0 Å². The molecule has 3 heterocycles. The molecule has 0 saturated carbocycles. The van der Waals surface area contributed by atoms with Crippen molar-refractivity contribution in [1.82, 2.24) is 20.0 Å². The monoisotopic (exact) mass is 408 g/mol. The molecule has 1 aliphatic rings. The fraction of sp³-hybridized carbons (Fsp3) is 0.571. The van der Waals surface area contributed by atoms with Crippen LogP contribution in [-0.2, 0) is 6.54 Å². The summed E-state index contributed by atoms with van der Waals surface area (Å²) >= 11 is 3.20. The van der Waals surface area contributed by atoms with Gasteiger partial charge in [-0.2, -0.15) is 13.2 Å². The zero-order valence-corrected chi connectivity index (χ0v) is 14.3. The Hall–Kier alpha value is -1.39. The first-order valence-corrected chi connectivity index (χ1v) is 8.28. The maximum atomic E-state index is 12.5. The fourth-order valence-corrected chi connectivity index (χ4v) is 2.94. The molecule has 0 aliphatic carbocycles. The first-order valence-electron chi connectivity index (χ1n) is 7.48. The summed E-state index contributed by atoms with van der Waals surface area (Å²) in [6, 6.07) is 3.44. The van der Waals surface area contributed by atoms with Crippen LogP contribution in [0.5, 0.6) is 0 Å². The Morgan fingerprint density at radius 3 is 2.50 bits per heavy atom. The molecule has 0 bridgehead atoms. The quantitative estimate of drug-likeness (QED) is 0.774. The van der Waals surface area contributed by atoms with Crippen LogP contribution in [0.15, 0.2) is 25.6 Å². The molecule has 1 saturated heterocycles. The Kier molecular flexibility index (Phi) is 5.26. The summed E-state index contributed by atoms with van der Waals surface area (Å²) in [6.45, 7) is 1.57. The van der Waals surface area contributed by atoms with E-state index in [2.05, 4.69) is 26.1 Å². The van der Waals surface area contributed by atoms with Crippen molar-refractivity contribution in [3.8, 4) is 11.7 Å². The van der Waals surface area contributed by atoms with Gasteiger partial charge in [0, 0.05) is 13.1 Å². The molecule has 0 unspecified atom stereocenters. The zero-order valence-electron chi connectivity index (χ0n) is 12.7. The molecule has 132 valence electrons. The lowest BCUT2D eigenvalue weighted by Crippen LogP contribution is -2.37. The lowest BCUT2D eigenvalue weighted by molar-refractivity contribution is -0.145. The Balaban J connectivity index is 1.56. The van der Waals surface area contributed by atoms with Gasteiger partial charge in [0.05, 0.1) is 13.1 Å². The highest BCUT2D eigenvalue weighted by Gasteiger charge is 2.31. The third-order valence-electron chi connectivity index (χ3n) is 3.69. The SMILES string of the molecule is FC(F)(F)CN1CCCN(Cc2nnc(-c3ccc(Br)o3)o2)CC1. The topological polar surface area (TPSA) is 58.5 Å². The van der Waals surface area contributed by atoms with Gasteiger partial charge >= 0.3 is 6.18 Å². The van der Waals surface area contributed by atoms with Crippen LogP contribution in [0.1, 0.15) is 12.3 Å². The van der Waals surface area contributed by atoms with E-state index in [4.69, 9.17) is 8.83 Å². The molecule has 10 heteroatoms. The van der Waals surface area contributed by atoms with Crippen molar-refractivity contribution in [3.05, 3.63) is 22.7 Å². The van der Waals surface area contributed by atoms with Crippen molar-refractivity contribution in [2.24, 2.45) is 0 Å². The van der Waals surface area contributed by atoms with Gasteiger partial charge in [-0.05, 0) is 47.6 Å². The average Bonchev–Trinajstić information content (AvgIpc) is 3.06. The van der Waals surface area contributed by atoms with Gasteiger partial charge in [-0.1, -0.05) is 0 Å². The van der Waals surface area contributed by atoms with Crippen molar-refractivity contribution in [2.75, 3.05) is 32.7 Å². The number of alkyl halides is 3. The summed E-state index contributed by atoms with van der Waals surface area (Å²) in [5, 5.41) is 7.91. The molecule has 3 rings (SSSR count). The van der Waals surface area contributed by atoms with E-state index >= 15 is 0 Å². The number of halogens is 4. The smallest absolute Gasteiger partial charge is 0.401 e. The van der Waals surface area contributed by atoms with E-state index in [9.17, 15) is 13.2 Å². The molecular weight excluding hydrogens is 393 g/mol. The largest absolute Gasteiger partial charge is 0.444 e. The highest BCUT2D eigenvalue weighted by atomic mass is 79.9. The van der Waals surface area contributed by atoms with E-state index in [1.54, 1.807) is 12.1 Å². The molecule has 0 amide bonds. The number of rotatable bonds is 4. The number of hydrogen-bond donors (Lipinski definition) is 0. The molecule has 1 aliphatic heterocycles. The second-order valence-corrected chi connectivity index (χ2v) is 6.41. The molecule has 0 N–H and O–H groups in total. The van der Waals surface area contributed by atoms with Crippen molar-refractivity contribution in [2.45, 2.75) is 19.1 Å². The minimum absolute atomic E-state index is 0.282. The molecule has 1 fully saturated rings. The van der Waals surface area contributed by atoms with Crippen molar-refractivity contribution in [3.63, 3.8) is 0 Å². The highest BCUT2D eigenvalue weighted by molar-refractivity contribution is 9.10. The average molecular weight is 409 g/mol. The Morgan fingerprint density at radius 2 is 1.79 bits per heavy atom. The zero-order chi connectivity index (χ0) is 17.2. The number of aromatic nitrogens is 2.